The van der Waals surface area contributed by atoms with E-state index in [1.54, 1.807) is 0 Å². The maximum Gasteiger partial charge on any atom is 0.240 e. The van der Waals surface area contributed by atoms with E-state index in [0.717, 1.165) is 19.4 Å². The molecule has 1 aliphatic heterocycles. The summed E-state index contributed by atoms with van der Waals surface area (Å²) in [7, 11) is -3.53. The number of sulfonamides is 1. The topological polar surface area (TPSA) is 106 Å². The zero-order chi connectivity index (χ0) is 13.7. The number of nitrogens with two attached hydrogens (primary N) is 1. The SMILES string of the molecule is NNc1cc(S(=O)(=O)NCCC2CCCO2)ccn1. The molecular weight excluding hydrogens is 268 g/mol. The fraction of sp³-hybridized carbons (Fsp3) is 0.545. The fourth-order valence-electron chi connectivity index (χ4n) is 1.97. The van der Waals surface area contributed by atoms with Crippen molar-refractivity contribution in [2.75, 3.05) is 18.6 Å². The Morgan fingerprint density at radius 3 is 3.05 bits per heavy atom. The molecule has 1 aromatic rings. The highest BCUT2D eigenvalue weighted by molar-refractivity contribution is 7.89. The van der Waals surface area contributed by atoms with Crippen molar-refractivity contribution in [3.8, 4) is 0 Å². The number of hydrogen-bond donors (Lipinski definition) is 3. The van der Waals surface area contributed by atoms with Gasteiger partial charge in [-0.05, 0) is 25.3 Å². The molecule has 19 heavy (non-hydrogen) atoms. The Hall–Kier alpha value is -1.22. The van der Waals surface area contributed by atoms with Crippen molar-refractivity contribution >= 4 is 15.8 Å². The van der Waals surface area contributed by atoms with Crippen LogP contribution in [0, 0.1) is 0 Å². The molecule has 0 aliphatic carbocycles. The molecule has 0 bridgehead atoms. The number of rotatable bonds is 6. The van der Waals surface area contributed by atoms with E-state index >= 15 is 0 Å². The van der Waals surface area contributed by atoms with Crippen molar-refractivity contribution < 1.29 is 13.2 Å². The van der Waals surface area contributed by atoms with Crippen molar-refractivity contribution in [3.63, 3.8) is 0 Å². The molecule has 1 aromatic heterocycles. The third-order valence-corrected chi connectivity index (χ3v) is 4.43. The molecule has 0 radical (unpaired) electrons. The van der Waals surface area contributed by atoms with Crippen LogP contribution >= 0.6 is 0 Å². The van der Waals surface area contributed by atoms with Crippen LogP contribution in [0.15, 0.2) is 23.2 Å². The maximum atomic E-state index is 12.0. The third kappa shape index (κ3) is 3.87. The van der Waals surface area contributed by atoms with Gasteiger partial charge in [-0.15, -0.1) is 0 Å². The summed E-state index contributed by atoms with van der Waals surface area (Å²) in [6.45, 7) is 1.13. The van der Waals surface area contributed by atoms with Gasteiger partial charge < -0.3 is 10.2 Å². The molecule has 2 heterocycles. The van der Waals surface area contributed by atoms with Crippen molar-refractivity contribution in [1.29, 1.82) is 0 Å². The summed E-state index contributed by atoms with van der Waals surface area (Å²) in [5, 5.41) is 0. The van der Waals surface area contributed by atoms with Gasteiger partial charge in [-0.2, -0.15) is 0 Å². The predicted molar refractivity (Wildman–Crippen MR) is 70.8 cm³/mol. The van der Waals surface area contributed by atoms with Gasteiger partial charge in [0.2, 0.25) is 10.0 Å². The first kappa shape index (κ1) is 14.2. The second-order valence-electron chi connectivity index (χ2n) is 4.34. The minimum absolute atomic E-state index is 0.141. The minimum atomic E-state index is -3.53. The average molecular weight is 286 g/mol. The lowest BCUT2D eigenvalue weighted by molar-refractivity contribution is 0.105. The lowest BCUT2D eigenvalue weighted by Gasteiger charge is -2.11. The van der Waals surface area contributed by atoms with Crippen molar-refractivity contribution in [3.05, 3.63) is 18.3 Å². The number of nitrogens with one attached hydrogen (secondary N) is 2. The molecule has 1 fully saturated rings. The average Bonchev–Trinajstić information content (AvgIpc) is 2.92. The Morgan fingerprint density at radius 2 is 2.37 bits per heavy atom. The minimum Gasteiger partial charge on any atom is -0.378 e. The molecule has 0 spiro atoms. The van der Waals surface area contributed by atoms with Gasteiger partial charge in [-0.3, -0.25) is 0 Å². The molecule has 0 amide bonds. The first-order valence-electron chi connectivity index (χ1n) is 6.16. The van der Waals surface area contributed by atoms with Gasteiger partial charge in [0.15, 0.2) is 0 Å². The number of pyridine rings is 1. The maximum absolute atomic E-state index is 12.0. The first-order chi connectivity index (χ1) is 9.12. The number of nitrogens with zero attached hydrogens (tertiary/aromatic N) is 1. The van der Waals surface area contributed by atoms with Gasteiger partial charge in [0.1, 0.15) is 5.82 Å². The van der Waals surface area contributed by atoms with Crippen LogP contribution in [0.2, 0.25) is 0 Å². The molecule has 0 saturated carbocycles. The Kier molecular flexibility index (Phi) is 4.70. The summed E-state index contributed by atoms with van der Waals surface area (Å²) in [5.41, 5.74) is 2.32. The lowest BCUT2D eigenvalue weighted by atomic mass is 10.2. The van der Waals surface area contributed by atoms with Crippen LogP contribution in [0.1, 0.15) is 19.3 Å². The molecule has 0 aromatic carbocycles. The van der Waals surface area contributed by atoms with Crippen LogP contribution < -0.4 is 16.0 Å². The quantitative estimate of drug-likeness (QED) is 0.510. The molecule has 106 valence electrons. The molecule has 2 rings (SSSR count). The molecule has 4 N–H and O–H groups in total. The Morgan fingerprint density at radius 1 is 1.53 bits per heavy atom. The molecule has 1 saturated heterocycles. The number of hydrogen-bond acceptors (Lipinski definition) is 6. The summed E-state index contributed by atoms with van der Waals surface area (Å²) in [5.74, 6) is 5.51. The standard InChI is InChI=1S/C11H18N4O3S/c12-15-11-8-10(4-5-13-11)19(16,17)14-6-3-9-2-1-7-18-9/h4-5,8-9,14H,1-3,6-7,12H2,(H,13,15). The molecular formula is C11H18N4O3S. The van der Waals surface area contributed by atoms with E-state index in [1.165, 1.54) is 18.3 Å². The monoisotopic (exact) mass is 286 g/mol. The van der Waals surface area contributed by atoms with Crippen LogP contribution in [0.4, 0.5) is 5.82 Å². The van der Waals surface area contributed by atoms with Crippen LogP contribution in [-0.2, 0) is 14.8 Å². The van der Waals surface area contributed by atoms with Gasteiger partial charge >= 0.3 is 0 Å². The summed E-state index contributed by atoms with van der Waals surface area (Å²) in [4.78, 5) is 4.01. The molecule has 8 heteroatoms. The van der Waals surface area contributed by atoms with Crippen LogP contribution in [0.25, 0.3) is 0 Å². The molecule has 1 atom stereocenters. The van der Waals surface area contributed by atoms with Crippen molar-refractivity contribution in [1.82, 2.24) is 9.71 Å². The third-order valence-electron chi connectivity index (χ3n) is 2.97. The fourth-order valence-corrected chi connectivity index (χ4v) is 3.03. The van der Waals surface area contributed by atoms with E-state index in [1.807, 2.05) is 0 Å². The highest BCUT2D eigenvalue weighted by Gasteiger charge is 2.18. The smallest absolute Gasteiger partial charge is 0.240 e. The summed E-state index contributed by atoms with van der Waals surface area (Å²) < 4.78 is 32.0. The number of ether oxygens (including phenoxy) is 1. The van der Waals surface area contributed by atoms with E-state index in [0.29, 0.717) is 18.8 Å². The van der Waals surface area contributed by atoms with Crippen LogP contribution in [0.5, 0.6) is 0 Å². The molecule has 1 unspecified atom stereocenters. The van der Waals surface area contributed by atoms with E-state index in [4.69, 9.17) is 10.6 Å². The molecule has 7 nitrogen and oxygen atoms in total. The number of anilines is 1. The molecule has 1 aliphatic rings. The first-order valence-corrected chi connectivity index (χ1v) is 7.64. The zero-order valence-corrected chi connectivity index (χ0v) is 11.3. The van der Waals surface area contributed by atoms with E-state index in [9.17, 15) is 8.42 Å². The summed E-state index contributed by atoms with van der Waals surface area (Å²) in [6.07, 6.45) is 4.29. The largest absolute Gasteiger partial charge is 0.378 e. The van der Waals surface area contributed by atoms with Crippen molar-refractivity contribution in [2.45, 2.75) is 30.3 Å². The van der Waals surface area contributed by atoms with Gasteiger partial charge in [0.25, 0.3) is 0 Å². The van der Waals surface area contributed by atoms with E-state index < -0.39 is 10.0 Å². The lowest BCUT2D eigenvalue weighted by Crippen LogP contribution is -2.27. The second-order valence-corrected chi connectivity index (χ2v) is 6.11. The van der Waals surface area contributed by atoms with Gasteiger partial charge in [-0.1, -0.05) is 0 Å². The Balaban J connectivity index is 1.93. The predicted octanol–water partition coefficient (Wildman–Crippen LogP) is 0.215. The Bertz CT molecular complexity index is 514. The number of nitrogen functional groups attached to an aromatic ring is 1. The highest BCUT2D eigenvalue weighted by atomic mass is 32.2. The van der Waals surface area contributed by atoms with E-state index in [2.05, 4.69) is 15.1 Å². The Labute approximate surface area is 112 Å². The zero-order valence-electron chi connectivity index (χ0n) is 10.5. The van der Waals surface area contributed by atoms with Crippen LogP contribution in [-0.4, -0.2) is 32.7 Å². The van der Waals surface area contributed by atoms with Gasteiger partial charge in [-0.25, -0.2) is 24.0 Å². The second kappa shape index (κ2) is 6.29. The summed E-state index contributed by atoms with van der Waals surface area (Å²) >= 11 is 0. The van der Waals surface area contributed by atoms with Gasteiger partial charge in [0, 0.05) is 25.4 Å². The number of hydrazine groups is 1. The summed E-state index contributed by atoms with van der Waals surface area (Å²) in [6, 6.07) is 2.81. The highest BCUT2D eigenvalue weighted by Crippen LogP contribution is 2.15. The normalized spacial score (nSPS) is 19.5. The van der Waals surface area contributed by atoms with Crippen molar-refractivity contribution in [2.24, 2.45) is 5.84 Å². The van der Waals surface area contributed by atoms with Gasteiger partial charge in [0.05, 0.1) is 11.0 Å². The van der Waals surface area contributed by atoms with E-state index in [-0.39, 0.29) is 11.0 Å². The van der Waals surface area contributed by atoms with Crippen LogP contribution in [0.3, 0.4) is 0 Å². The number of aromatic nitrogens is 1.